The van der Waals surface area contributed by atoms with Crippen molar-refractivity contribution in [1.29, 1.82) is 0 Å². The van der Waals surface area contributed by atoms with Crippen molar-refractivity contribution in [3.05, 3.63) is 59.7 Å². The van der Waals surface area contributed by atoms with E-state index in [9.17, 15) is 13.2 Å². The molecule has 2 aromatic carbocycles. The molecule has 1 saturated heterocycles. The molecule has 4 rings (SSSR count). The van der Waals surface area contributed by atoms with E-state index in [-0.39, 0.29) is 18.0 Å². The van der Waals surface area contributed by atoms with Crippen LogP contribution in [0.4, 0.5) is 0 Å². The standard InChI is InChI=1S/C24H31N3O3S/c1-26(2)31(29,30)25-22-13-7-15-27-23(22)17-18-8-5-11-20(16-18)21-12-4-3-9-19(21)10-6-14-24(27)28/h3-5,8-9,11-12,16,22-23,25H,6-7,10,13-15,17H2,1-2H3/t22-,23-/m0/s1. The fraction of sp³-hybridized carbons (Fsp3) is 0.458. The molecule has 0 saturated carbocycles. The van der Waals surface area contributed by atoms with E-state index in [4.69, 9.17) is 0 Å². The molecule has 0 aliphatic carbocycles. The molecule has 2 heterocycles. The number of piperidine rings is 1. The Bertz CT molecular complexity index is 1050. The third kappa shape index (κ3) is 4.84. The second-order valence-electron chi connectivity index (χ2n) is 8.72. The maximum atomic E-state index is 13.2. The molecular weight excluding hydrogens is 410 g/mol. The first kappa shape index (κ1) is 22.0. The summed E-state index contributed by atoms with van der Waals surface area (Å²) < 4.78 is 29.2. The number of benzene rings is 2. The molecular formula is C24H31N3O3S. The zero-order valence-electron chi connectivity index (χ0n) is 18.3. The minimum Gasteiger partial charge on any atom is -0.338 e. The van der Waals surface area contributed by atoms with Gasteiger partial charge in [0.25, 0.3) is 10.2 Å². The topological polar surface area (TPSA) is 69.7 Å². The van der Waals surface area contributed by atoms with Gasteiger partial charge in [-0.1, -0.05) is 48.5 Å². The largest absolute Gasteiger partial charge is 0.338 e. The van der Waals surface area contributed by atoms with E-state index in [0.717, 1.165) is 31.2 Å². The van der Waals surface area contributed by atoms with Crippen LogP contribution in [0.1, 0.15) is 36.8 Å². The van der Waals surface area contributed by atoms with Gasteiger partial charge in [0.2, 0.25) is 5.91 Å². The van der Waals surface area contributed by atoms with Crippen molar-refractivity contribution in [2.24, 2.45) is 0 Å². The lowest BCUT2D eigenvalue weighted by Gasteiger charge is -2.42. The van der Waals surface area contributed by atoms with Crippen molar-refractivity contribution >= 4 is 16.1 Å². The predicted molar refractivity (Wildman–Crippen MR) is 123 cm³/mol. The van der Waals surface area contributed by atoms with Crippen molar-refractivity contribution in [2.45, 2.75) is 50.6 Å². The van der Waals surface area contributed by atoms with Crippen LogP contribution in [-0.2, 0) is 27.8 Å². The summed E-state index contributed by atoms with van der Waals surface area (Å²) in [6.07, 6.45) is 4.26. The summed E-state index contributed by atoms with van der Waals surface area (Å²) in [7, 11) is -0.533. The van der Waals surface area contributed by atoms with Gasteiger partial charge in [-0.2, -0.15) is 17.4 Å². The van der Waals surface area contributed by atoms with E-state index in [2.05, 4.69) is 53.3 Å². The lowest BCUT2D eigenvalue weighted by Crippen LogP contribution is -2.59. The molecule has 0 spiro atoms. The summed E-state index contributed by atoms with van der Waals surface area (Å²) in [6.45, 7) is 0.681. The summed E-state index contributed by atoms with van der Waals surface area (Å²) in [6, 6.07) is 16.4. The molecule has 1 N–H and O–H groups in total. The molecule has 2 atom stereocenters. The summed E-state index contributed by atoms with van der Waals surface area (Å²) in [4.78, 5) is 15.1. The van der Waals surface area contributed by atoms with Crippen molar-refractivity contribution in [3.63, 3.8) is 0 Å². The molecule has 2 bridgehead atoms. The van der Waals surface area contributed by atoms with E-state index >= 15 is 0 Å². The molecule has 0 radical (unpaired) electrons. The highest BCUT2D eigenvalue weighted by Gasteiger charge is 2.36. The number of nitrogens with zero attached hydrogens (tertiary/aromatic N) is 2. The maximum absolute atomic E-state index is 13.2. The molecule has 1 amide bonds. The molecule has 7 heteroatoms. The number of carbonyl (C=O) groups excluding carboxylic acids is 1. The van der Waals surface area contributed by atoms with Crippen LogP contribution < -0.4 is 4.72 Å². The number of amides is 1. The Morgan fingerprint density at radius 2 is 1.84 bits per heavy atom. The van der Waals surface area contributed by atoms with E-state index in [1.54, 1.807) is 0 Å². The predicted octanol–water partition coefficient (Wildman–Crippen LogP) is 2.99. The van der Waals surface area contributed by atoms with E-state index in [1.165, 1.54) is 35.1 Å². The SMILES string of the molecule is CN(C)S(=O)(=O)N[C@H]1CCCN2C(=O)CCCc3ccccc3-c3cccc(c3)C[C@@H]12. The van der Waals surface area contributed by atoms with Gasteiger partial charge < -0.3 is 4.90 Å². The highest BCUT2D eigenvalue weighted by atomic mass is 32.2. The second kappa shape index (κ2) is 9.10. The normalized spacial score (nSPS) is 22.3. The average Bonchev–Trinajstić information content (AvgIpc) is 2.74. The van der Waals surface area contributed by atoms with Crippen molar-refractivity contribution < 1.29 is 13.2 Å². The van der Waals surface area contributed by atoms with E-state index in [1.807, 2.05) is 4.90 Å². The van der Waals surface area contributed by atoms with Crippen molar-refractivity contribution in [3.8, 4) is 11.1 Å². The molecule has 166 valence electrons. The maximum Gasteiger partial charge on any atom is 0.279 e. The number of nitrogens with one attached hydrogen (secondary N) is 1. The summed E-state index contributed by atoms with van der Waals surface area (Å²) in [5.41, 5.74) is 4.77. The molecule has 0 unspecified atom stereocenters. The molecule has 1 fully saturated rings. The third-order valence-corrected chi connectivity index (χ3v) is 7.98. The van der Waals surface area contributed by atoms with Gasteiger partial charge in [-0.05, 0) is 54.4 Å². The fourth-order valence-corrected chi connectivity index (χ4v) is 5.62. The van der Waals surface area contributed by atoms with Crippen LogP contribution in [0, 0.1) is 0 Å². The van der Waals surface area contributed by atoms with Gasteiger partial charge >= 0.3 is 0 Å². The Kier molecular flexibility index (Phi) is 6.46. The van der Waals surface area contributed by atoms with E-state index in [0.29, 0.717) is 19.4 Å². The smallest absolute Gasteiger partial charge is 0.279 e. The van der Waals surface area contributed by atoms with Crippen LogP contribution >= 0.6 is 0 Å². The zero-order chi connectivity index (χ0) is 22.0. The van der Waals surface area contributed by atoms with Crippen molar-refractivity contribution in [1.82, 2.24) is 13.9 Å². The molecule has 2 aliphatic heterocycles. The Morgan fingerprint density at radius 3 is 2.65 bits per heavy atom. The van der Waals surface area contributed by atoms with Gasteiger partial charge in [0.1, 0.15) is 0 Å². The van der Waals surface area contributed by atoms with Crippen LogP contribution in [0.25, 0.3) is 11.1 Å². The van der Waals surface area contributed by atoms with Crippen LogP contribution in [0.2, 0.25) is 0 Å². The first-order valence-electron chi connectivity index (χ1n) is 11.0. The lowest BCUT2D eigenvalue weighted by atomic mass is 9.88. The van der Waals surface area contributed by atoms with E-state index < -0.39 is 10.2 Å². The average molecular weight is 442 g/mol. The number of aryl methyl sites for hydroxylation is 1. The first-order chi connectivity index (χ1) is 14.8. The number of carbonyl (C=O) groups is 1. The Morgan fingerprint density at radius 1 is 1.03 bits per heavy atom. The highest BCUT2D eigenvalue weighted by molar-refractivity contribution is 7.87. The lowest BCUT2D eigenvalue weighted by molar-refractivity contribution is -0.135. The Labute approximate surface area is 185 Å². The number of hydrogen-bond acceptors (Lipinski definition) is 3. The van der Waals surface area contributed by atoms with Gasteiger partial charge in [0.05, 0.1) is 6.04 Å². The molecule has 2 aliphatic rings. The highest BCUT2D eigenvalue weighted by Crippen LogP contribution is 2.29. The third-order valence-electron chi connectivity index (χ3n) is 6.42. The molecule has 2 aromatic rings. The van der Waals surface area contributed by atoms with Crippen LogP contribution in [0.5, 0.6) is 0 Å². The fourth-order valence-electron chi connectivity index (χ4n) is 4.75. The summed E-state index contributed by atoms with van der Waals surface area (Å²) >= 11 is 0. The quantitative estimate of drug-likeness (QED) is 0.796. The van der Waals surface area contributed by atoms with Gasteiger partial charge in [-0.25, -0.2) is 0 Å². The molecule has 6 nitrogen and oxygen atoms in total. The van der Waals surface area contributed by atoms with Gasteiger partial charge in [-0.3, -0.25) is 4.79 Å². The van der Waals surface area contributed by atoms with Crippen LogP contribution in [0.3, 0.4) is 0 Å². The van der Waals surface area contributed by atoms with Crippen molar-refractivity contribution in [2.75, 3.05) is 20.6 Å². The summed E-state index contributed by atoms with van der Waals surface area (Å²) in [5, 5.41) is 0. The number of rotatable bonds is 3. The molecule has 31 heavy (non-hydrogen) atoms. The molecule has 0 aromatic heterocycles. The minimum absolute atomic E-state index is 0.118. The second-order valence-corrected chi connectivity index (χ2v) is 10.6. The monoisotopic (exact) mass is 441 g/mol. The zero-order valence-corrected chi connectivity index (χ0v) is 19.1. The van der Waals surface area contributed by atoms with Gasteiger partial charge in [0, 0.05) is 33.1 Å². The van der Waals surface area contributed by atoms with Crippen LogP contribution in [0.15, 0.2) is 48.5 Å². The number of fused-ring (bicyclic) bond motifs is 5. The number of hydrogen-bond donors (Lipinski definition) is 1. The Balaban J connectivity index is 1.73. The summed E-state index contributed by atoms with van der Waals surface area (Å²) in [5.74, 6) is 0.118. The minimum atomic E-state index is -3.58. The first-order valence-corrected chi connectivity index (χ1v) is 12.5. The van der Waals surface area contributed by atoms with Crippen LogP contribution in [-0.4, -0.2) is 56.3 Å². The van der Waals surface area contributed by atoms with Gasteiger partial charge in [0.15, 0.2) is 0 Å². The van der Waals surface area contributed by atoms with Gasteiger partial charge in [-0.15, -0.1) is 0 Å². The Hall–Kier alpha value is -2.22.